The third-order valence-electron chi connectivity index (χ3n) is 5.56. The molecule has 0 aliphatic carbocycles. The summed E-state index contributed by atoms with van der Waals surface area (Å²) >= 11 is 0. The molecule has 1 aliphatic rings. The summed E-state index contributed by atoms with van der Waals surface area (Å²) < 4.78 is 10.3. The Hall–Kier alpha value is -4.14. The largest absolute Gasteiger partial charge is 0.463 e. The van der Waals surface area contributed by atoms with Crippen molar-refractivity contribution in [1.29, 1.82) is 0 Å². The van der Waals surface area contributed by atoms with E-state index in [0.717, 1.165) is 16.7 Å². The zero-order chi connectivity index (χ0) is 25.2. The lowest BCUT2D eigenvalue weighted by Crippen LogP contribution is -2.56. The number of hydrogen-bond donors (Lipinski definition) is 2. The van der Waals surface area contributed by atoms with Gasteiger partial charge < -0.3 is 20.5 Å². The van der Waals surface area contributed by atoms with E-state index >= 15 is 0 Å². The minimum absolute atomic E-state index is 0.00164. The number of nitrogens with two attached hydrogens (primary N) is 1. The summed E-state index contributed by atoms with van der Waals surface area (Å²) in [5.74, 6) is -1.86. The standard InChI is InChI=1S/C26H29N3O6/c1-2-34-23(30)14-8-13-21(24(27)31)28-25(32)22-15-19-11-6-7-12-20(19)16-29(22)26(33)35-17-18-9-4-3-5-10-18/h3-12,14,21-22H,2,13,15-17H2,1H3,(H2,27,31)(H,28,32)/b14-8+/t21-,22+/m1/s1. The Balaban J connectivity index is 1.73. The number of carbonyl (C=O) groups excluding carboxylic acids is 4. The Morgan fingerprint density at radius 2 is 1.74 bits per heavy atom. The van der Waals surface area contributed by atoms with E-state index in [1.165, 1.54) is 17.1 Å². The Morgan fingerprint density at radius 3 is 2.43 bits per heavy atom. The minimum Gasteiger partial charge on any atom is -0.463 e. The fraction of sp³-hybridized carbons (Fsp3) is 0.308. The molecule has 0 fully saturated rings. The molecule has 0 spiro atoms. The molecule has 3 rings (SSSR count). The summed E-state index contributed by atoms with van der Waals surface area (Å²) in [6, 6.07) is 14.8. The van der Waals surface area contributed by atoms with Crippen LogP contribution >= 0.6 is 0 Å². The molecule has 2 aromatic rings. The zero-order valence-corrected chi connectivity index (χ0v) is 19.5. The van der Waals surface area contributed by atoms with Gasteiger partial charge in [0.15, 0.2) is 0 Å². The first-order chi connectivity index (χ1) is 16.9. The predicted molar refractivity (Wildman–Crippen MR) is 128 cm³/mol. The first-order valence-electron chi connectivity index (χ1n) is 11.4. The van der Waals surface area contributed by atoms with E-state index in [1.54, 1.807) is 6.92 Å². The molecular formula is C26H29N3O6. The van der Waals surface area contributed by atoms with Crippen LogP contribution in [-0.4, -0.2) is 47.5 Å². The molecular weight excluding hydrogens is 450 g/mol. The third kappa shape index (κ3) is 7.17. The van der Waals surface area contributed by atoms with Crippen molar-refractivity contribution in [2.75, 3.05) is 6.61 Å². The van der Waals surface area contributed by atoms with Gasteiger partial charge in [0.2, 0.25) is 11.8 Å². The lowest BCUT2D eigenvalue weighted by molar-refractivity contribution is -0.137. The summed E-state index contributed by atoms with van der Waals surface area (Å²) in [6.45, 7) is 2.15. The van der Waals surface area contributed by atoms with Gasteiger partial charge in [-0.05, 0) is 30.0 Å². The number of benzene rings is 2. The lowest BCUT2D eigenvalue weighted by Gasteiger charge is -2.35. The monoisotopic (exact) mass is 479 g/mol. The van der Waals surface area contributed by atoms with Crippen LogP contribution in [0.25, 0.3) is 0 Å². The molecule has 35 heavy (non-hydrogen) atoms. The summed E-state index contributed by atoms with van der Waals surface area (Å²) in [5.41, 5.74) is 8.13. The van der Waals surface area contributed by atoms with Crippen LogP contribution in [0, 0.1) is 0 Å². The summed E-state index contributed by atoms with van der Waals surface area (Å²) in [5, 5.41) is 2.62. The molecule has 0 bridgehead atoms. The number of nitrogens with zero attached hydrogens (tertiary/aromatic N) is 1. The third-order valence-corrected chi connectivity index (χ3v) is 5.56. The van der Waals surface area contributed by atoms with Gasteiger partial charge in [0.05, 0.1) is 13.2 Å². The molecule has 9 nitrogen and oxygen atoms in total. The van der Waals surface area contributed by atoms with Gasteiger partial charge in [-0.15, -0.1) is 0 Å². The van der Waals surface area contributed by atoms with Crippen molar-refractivity contribution in [2.24, 2.45) is 5.73 Å². The van der Waals surface area contributed by atoms with Crippen molar-refractivity contribution in [3.05, 3.63) is 83.4 Å². The van der Waals surface area contributed by atoms with Gasteiger partial charge in [-0.3, -0.25) is 14.5 Å². The smallest absolute Gasteiger partial charge is 0.411 e. The van der Waals surface area contributed by atoms with Crippen molar-refractivity contribution in [3.63, 3.8) is 0 Å². The Labute approximate surface area is 203 Å². The Kier molecular flexibility index (Phi) is 9.00. The molecule has 0 radical (unpaired) electrons. The molecule has 9 heteroatoms. The molecule has 1 heterocycles. The van der Waals surface area contributed by atoms with Crippen molar-refractivity contribution >= 4 is 23.9 Å². The van der Waals surface area contributed by atoms with E-state index < -0.39 is 36.0 Å². The predicted octanol–water partition coefficient (Wildman–Crippen LogP) is 2.23. The first kappa shape index (κ1) is 25.5. The van der Waals surface area contributed by atoms with Gasteiger partial charge in [0.25, 0.3) is 0 Å². The number of carbonyl (C=O) groups is 4. The van der Waals surface area contributed by atoms with Crippen molar-refractivity contribution < 1.29 is 28.7 Å². The molecule has 1 aliphatic heterocycles. The number of esters is 1. The van der Waals surface area contributed by atoms with E-state index in [1.807, 2.05) is 54.6 Å². The van der Waals surface area contributed by atoms with E-state index in [0.29, 0.717) is 0 Å². The van der Waals surface area contributed by atoms with Crippen LogP contribution in [0.5, 0.6) is 0 Å². The Morgan fingerprint density at radius 1 is 1.06 bits per heavy atom. The number of rotatable bonds is 9. The molecule has 2 atom stereocenters. The highest BCUT2D eigenvalue weighted by Crippen LogP contribution is 2.24. The van der Waals surface area contributed by atoms with Crippen molar-refractivity contribution in [2.45, 2.75) is 45.0 Å². The molecule has 184 valence electrons. The molecule has 0 aromatic heterocycles. The van der Waals surface area contributed by atoms with Gasteiger partial charge in [-0.1, -0.05) is 60.7 Å². The maximum Gasteiger partial charge on any atom is 0.411 e. The number of nitrogens with one attached hydrogen (secondary N) is 1. The first-order valence-corrected chi connectivity index (χ1v) is 11.4. The van der Waals surface area contributed by atoms with Crippen molar-refractivity contribution in [1.82, 2.24) is 10.2 Å². The quantitative estimate of drug-likeness (QED) is 0.419. The highest BCUT2D eigenvalue weighted by Gasteiger charge is 2.36. The normalized spacial score (nSPS) is 15.7. The average molecular weight is 480 g/mol. The molecule has 0 unspecified atom stereocenters. The van der Waals surface area contributed by atoms with Crippen LogP contribution in [0.2, 0.25) is 0 Å². The molecule has 3 N–H and O–H groups in total. The van der Waals surface area contributed by atoms with Gasteiger partial charge in [0.1, 0.15) is 18.7 Å². The van der Waals surface area contributed by atoms with E-state index in [-0.39, 0.29) is 32.6 Å². The van der Waals surface area contributed by atoms with Gasteiger partial charge >= 0.3 is 12.1 Å². The second-order valence-corrected chi connectivity index (χ2v) is 8.01. The maximum absolute atomic E-state index is 13.2. The number of hydrogen-bond acceptors (Lipinski definition) is 6. The van der Waals surface area contributed by atoms with Crippen LogP contribution in [-0.2, 0) is 43.4 Å². The van der Waals surface area contributed by atoms with Crippen LogP contribution < -0.4 is 11.1 Å². The van der Waals surface area contributed by atoms with E-state index in [2.05, 4.69) is 5.32 Å². The summed E-state index contributed by atoms with van der Waals surface area (Å²) in [4.78, 5) is 51.0. The Bertz CT molecular complexity index is 1090. The lowest BCUT2D eigenvalue weighted by atomic mass is 9.93. The SMILES string of the molecule is CCOC(=O)/C=C/C[C@@H](NC(=O)[C@@H]1Cc2ccccc2CN1C(=O)OCc1ccccc1)C(N)=O. The van der Waals surface area contributed by atoms with E-state index in [4.69, 9.17) is 15.2 Å². The number of amides is 3. The van der Waals surface area contributed by atoms with Gasteiger partial charge in [0, 0.05) is 12.5 Å². The maximum atomic E-state index is 13.2. The molecule has 3 amide bonds. The van der Waals surface area contributed by atoms with Crippen LogP contribution in [0.3, 0.4) is 0 Å². The minimum atomic E-state index is -1.06. The second-order valence-electron chi connectivity index (χ2n) is 8.01. The van der Waals surface area contributed by atoms with Crippen LogP contribution in [0.1, 0.15) is 30.0 Å². The van der Waals surface area contributed by atoms with Crippen molar-refractivity contribution in [3.8, 4) is 0 Å². The number of ether oxygens (including phenoxy) is 2. The molecule has 2 aromatic carbocycles. The van der Waals surface area contributed by atoms with Crippen LogP contribution in [0.4, 0.5) is 4.79 Å². The second kappa shape index (κ2) is 12.4. The summed E-state index contributed by atoms with van der Waals surface area (Å²) in [6.07, 6.45) is 2.21. The summed E-state index contributed by atoms with van der Waals surface area (Å²) in [7, 11) is 0. The van der Waals surface area contributed by atoms with Crippen LogP contribution in [0.15, 0.2) is 66.7 Å². The molecule has 0 saturated heterocycles. The van der Waals surface area contributed by atoms with Gasteiger partial charge in [-0.25, -0.2) is 9.59 Å². The number of primary amides is 1. The van der Waals surface area contributed by atoms with E-state index in [9.17, 15) is 19.2 Å². The average Bonchev–Trinajstić information content (AvgIpc) is 2.86. The highest BCUT2D eigenvalue weighted by atomic mass is 16.6. The number of fused-ring (bicyclic) bond motifs is 1. The fourth-order valence-corrected chi connectivity index (χ4v) is 3.76. The highest BCUT2D eigenvalue weighted by molar-refractivity contribution is 5.91. The zero-order valence-electron chi connectivity index (χ0n) is 19.5. The fourth-order valence-electron chi connectivity index (χ4n) is 3.76. The topological polar surface area (TPSA) is 128 Å². The molecule has 0 saturated carbocycles. The van der Waals surface area contributed by atoms with Gasteiger partial charge in [-0.2, -0.15) is 0 Å².